The Bertz CT molecular complexity index is 475. The summed E-state index contributed by atoms with van der Waals surface area (Å²) in [5.74, 6) is -0.289. The molecule has 0 radical (unpaired) electrons. The molecule has 0 saturated heterocycles. The highest BCUT2D eigenvalue weighted by Crippen LogP contribution is 2.43. The second-order valence-electron chi connectivity index (χ2n) is 3.45. The van der Waals surface area contributed by atoms with E-state index in [0.717, 1.165) is 0 Å². The molecule has 1 amide bonds. The molecular weight excluding hydrogens is 256 g/mol. The van der Waals surface area contributed by atoms with Gasteiger partial charge in [-0.1, -0.05) is 0 Å². The molecule has 0 bridgehead atoms. The first kappa shape index (κ1) is 15.0. The Labute approximate surface area is 110 Å². The van der Waals surface area contributed by atoms with Crippen molar-refractivity contribution in [2.75, 3.05) is 28.4 Å². The van der Waals surface area contributed by atoms with Crippen LogP contribution in [0.2, 0.25) is 0 Å². The molecule has 8 nitrogen and oxygen atoms in total. The minimum atomic E-state index is -1.29. The van der Waals surface area contributed by atoms with Crippen LogP contribution in [0.3, 0.4) is 0 Å². The maximum Gasteiger partial charge on any atom is 0.257 e. The third-order valence-electron chi connectivity index (χ3n) is 2.52. The average Bonchev–Trinajstić information content (AvgIpc) is 2.43. The fraction of sp³-hybridized carbons (Fsp3) is 0.364. The van der Waals surface area contributed by atoms with Crippen molar-refractivity contribution in [1.29, 1.82) is 0 Å². The largest absolute Gasteiger partial charge is 0.595 e. The lowest BCUT2D eigenvalue weighted by atomic mass is 10.1. The molecule has 0 heterocycles. The smallest absolute Gasteiger partial charge is 0.257 e. The topological polar surface area (TPSA) is 105 Å². The zero-order valence-corrected chi connectivity index (χ0v) is 11.1. The minimum absolute atomic E-state index is 0.0621. The van der Waals surface area contributed by atoms with Gasteiger partial charge in [-0.15, -0.1) is 0 Å². The first-order chi connectivity index (χ1) is 9.01. The van der Waals surface area contributed by atoms with Crippen LogP contribution in [0.4, 0.5) is 5.69 Å². The van der Waals surface area contributed by atoms with E-state index in [1.165, 1.54) is 34.4 Å². The van der Waals surface area contributed by atoms with Gasteiger partial charge < -0.3 is 24.7 Å². The Morgan fingerprint density at radius 2 is 1.84 bits per heavy atom. The Morgan fingerprint density at radius 1 is 1.26 bits per heavy atom. The zero-order valence-electron chi connectivity index (χ0n) is 11.1. The van der Waals surface area contributed by atoms with Gasteiger partial charge in [-0.25, -0.2) is 5.21 Å². The number of quaternary nitrogens is 1. The molecule has 3 N–H and O–H groups in total. The van der Waals surface area contributed by atoms with E-state index in [9.17, 15) is 15.2 Å². The lowest BCUT2D eigenvalue weighted by molar-refractivity contribution is -0.991. The summed E-state index contributed by atoms with van der Waals surface area (Å²) in [4.78, 5) is 11.7. The van der Waals surface area contributed by atoms with Gasteiger partial charge in [-0.2, -0.15) is 5.23 Å². The van der Waals surface area contributed by atoms with Crippen LogP contribution in [0.25, 0.3) is 0 Å². The standard InChI is InChI=1S/C11H16N2O6/c1-12-11(14)6-5-7(17-2)9(18-3)10(19-4)8(6)13(15)16/h5,13,15H,1-4H3,(H,12,14). The van der Waals surface area contributed by atoms with Gasteiger partial charge in [-0.3, -0.25) is 4.79 Å². The molecule has 0 aliphatic carbocycles. The van der Waals surface area contributed by atoms with Crippen LogP contribution in [0.5, 0.6) is 17.2 Å². The average molecular weight is 272 g/mol. The highest BCUT2D eigenvalue weighted by Gasteiger charge is 2.28. The fourth-order valence-corrected chi connectivity index (χ4v) is 1.68. The number of hydrogen-bond donors (Lipinski definition) is 3. The van der Waals surface area contributed by atoms with E-state index in [2.05, 4.69) is 5.32 Å². The fourth-order valence-electron chi connectivity index (χ4n) is 1.68. The van der Waals surface area contributed by atoms with E-state index >= 15 is 0 Å². The maximum absolute atomic E-state index is 11.7. The molecule has 0 fully saturated rings. The van der Waals surface area contributed by atoms with E-state index in [-0.39, 0.29) is 28.5 Å². The number of rotatable bonds is 5. The van der Waals surface area contributed by atoms with Gasteiger partial charge in [0.1, 0.15) is 5.56 Å². The molecule has 0 aliphatic heterocycles. The molecule has 0 aromatic heterocycles. The van der Waals surface area contributed by atoms with Gasteiger partial charge in [0.2, 0.25) is 17.2 Å². The monoisotopic (exact) mass is 272 g/mol. The van der Waals surface area contributed by atoms with E-state index in [1.54, 1.807) is 0 Å². The summed E-state index contributed by atoms with van der Waals surface area (Å²) in [6, 6.07) is 1.30. The predicted octanol–water partition coefficient (Wildman–Crippen LogP) is -0.525. The minimum Gasteiger partial charge on any atom is -0.595 e. The molecule has 0 aliphatic rings. The van der Waals surface area contributed by atoms with Crippen molar-refractivity contribution >= 4 is 11.6 Å². The Morgan fingerprint density at radius 3 is 2.21 bits per heavy atom. The normalized spacial score (nSPS) is 11.7. The van der Waals surface area contributed by atoms with Crippen LogP contribution in [0.15, 0.2) is 6.07 Å². The Kier molecular flexibility index (Phi) is 4.93. The van der Waals surface area contributed by atoms with Crippen molar-refractivity contribution < 1.29 is 29.4 Å². The molecular formula is C11H16N2O6. The molecule has 1 unspecified atom stereocenters. The number of nitrogens with one attached hydrogen (secondary N) is 2. The highest BCUT2D eigenvalue weighted by molar-refractivity contribution is 6.00. The second kappa shape index (κ2) is 6.23. The number of methoxy groups -OCH3 is 3. The van der Waals surface area contributed by atoms with Gasteiger partial charge >= 0.3 is 0 Å². The molecule has 0 spiro atoms. The van der Waals surface area contributed by atoms with Crippen molar-refractivity contribution in [2.45, 2.75) is 0 Å². The van der Waals surface area contributed by atoms with Gasteiger partial charge in [0.05, 0.1) is 21.3 Å². The number of carbonyl (C=O) groups excluding carboxylic acids is 1. The second-order valence-corrected chi connectivity index (χ2v) is 3.45. The predicted molar refractivity (Wildman–Crippen MR) is 65.3 cm³/mol. The molecule has 1 rings (SSSR count). The molecule has 19 heavy (non-hydrogen) atoms. The summed E-state index contributed by atoms with van der Waals surface area (Å²) < 4.78 is 15.2. The quantitative estimate of drug-likeness (QED) is 0.623. The van der Waals surface area contributed by atoms with Crippen molar-refractivity contribution in [1.82, 2.24) is 5.32 Å². The number of hydrogen-bond acceptors (Lipinski definition) is 6. The first-order valence-electron chi connectivity index (χ1n) is 5.30. The van der Waals surface area contributed by atoms with E-state index < -0.39 is 11.1 Å². The summed E-state index contributed by atoms with van der Waals surface area (Å²) in [7, 11) is 5.42. The van der Waals surface area contributed by atoms with Crippen LogP contribution in [-0.4, -0.2) is 39.5 Å². The maximum atomic E-state index is 11.7. The van der Waals surface area contributed by atoms with Crippen LogP contribution in [-0.2, 0) is 0 Å². The Hall–Kier alpha value is -2.03. The third-order valence-corrected chi connectivity index (χ3v) is 2.52. The number of amides is 1. The van der Waals surface area contributed by atoms with Crippen LogP contribution in [0, 0.1) is 5.21 Å². The number of ether oxygens (including phenoxy) is 3. The van der Waals surface area contributed by atoms with Crippen molar-refractivity contribution in [2.24, 2.45) is 0 Å². The lowest BCUT2D eigenvalue weighted by Crippen LogP contribution is -2.99. The summed E-state index contributed by atoms with van der Waals surface area (Å²) in [6.45, 7) is 0. The van der Waals surface area contributed by atoms with Gasteiger partial charge in [0.25, 0.3) is 5.91 Å². The van der Waals surface area contributed by atoms with Crippen molar-refractivity contribution in [3.63, 3.8) is 0 Å². The molecule has 106 valence electrons. The summed E-state index contributed by atoms with van der Waals surface area (Å²) >= 11 is 0. The van der Waals surface area contributed by atoms with Crippen LogP contribution >= 0.6 is 0 Å². The van der Waals surface area contributed by atoms with Gasteiger partial charge in [-0.05, 0) is 0 Å². The number of carbonyl (C=O) groups is 1. The van der Waals surface area contributed by atoms with Gasteiger partial charge in [0.15, 0.2) is 5.75 Å². The summed E-state index contributed by atoms with van der Waals surface area (Å²) in [6.07, 6.45) is 0. The van der Waals surface area contributed by atoms with Crippen molar-refractivity contribution in [3.8, 4) is 17.2 Å². The van der Waals surface area contributed by atoms with Crippen LogP contribution in [0.1, 0.15) is 10.4 Å². The van der Waals surface area contributed by atoms with E-state index in [1.807, 2.05) is 0 Å². The molecule has 1 atom stereocenters. The van der Waals surface area contributed by atoms with E-state index in [4.69, 9.17) is 14.2 Å². The number of benzene rings is 1. The van der Waals surface area contributed by atoms with Crippen LogP contribution < -0.4 is 24.8 Å². The molecule has 0 saturated carbocycles. The third kappa shape index (κ3) is 2.70. The van der Waals surface area contributed by atoms with Gasteiger partial charge in [0, 0.05) is 13.1 Å². The molecule has 1 aromatic rings. The van der Waals surface area contributed by atoms with Crippen molar-refractivity contribution in [3.05, 3.63) is 16.8 Å². The highest BCUT2D eigenvalue weighted by atomic mass is 16.8. The molecule has 1 aromatic carbocycles. The lowest BCUT2D eigenvalue weighted by Gasteiger charge is -2.21. The summed E-state index contributed by atoms with van der Waals surface area (Å²) in [5, 5.41) is 21.6. The SMILES string of the molecule is CNC(=O)c1cc(OC)c(OC)c(OC)c1[NH+]([O-])O. The summed E-state index contributed by atoms with van der Waals surface area (Å²) in [5.41, 5.74) is -0.344. The Balaban J connectivity index is 3.67. The molecule has 8 heteroatoms. The van der Waals surface area contributed by atoms with E-state index in [0.29, 0.717) is 0 Å². The first-order valence-corrected chi connectivity index (χ1v) is 5.30. The zero-order chi connectivity index (χ0) is 14.6.